The number of nitrogens with zero attached hydrogens (tertiary/aromatic N) is 4. The summed E-state index contributed by atoms with van der Waals surface area (Å²) in [6.45, 7) is 7.53. The Hall–Kier alpha value is -2.03. The zero-order valence-electron chi connectivity index (χ0n) is 21.7. The van der Waals surface area contributed by atoms with E-state index in [1.807, 2.05) is 6.92 Å². The quantitative estimate of drug-likeness (QED) is 0.605. The molecule has 1 N–H and O–H groups in total. The van der Waals surface area contributed by atoms with E-state index in [2.05, 4.69) is 34.1 Å². The predicted octanol–water partition coefficient (Wildman–Crippen LogP) is 3.62. The minimum absolute atomic E-state index is 0.0101. The van der Waals surface area contributed by atoms with Gasteiger partial charge >= 0.3 is 0 Å². The van der Waals surface area contributed by atoms with Crippen LogP contribution in [0.1, 0.15) is 45.4 Å². The van der Waals surface area contributed by atoms with Crippen LogP contribution in [-0.4, -0.2) is 76.0 Å². The number of carbonyl (C=O) groups excluding carboxylic acids is 2. The molecule has 37 heavy (non-hydrogen) atoms. The Morgan fingerprint density at radius 1 is 1.00 bits per heavy atom. The van der Waals surface area contributed by atoms with Crippen molar-refractivity contribution in [1.29, 1.82) is 0 Å². The summed E-state index contributed by atoms with van der Waals surface area (Å²) >= 11 is 1.58. The highest BCUT2D eigenvalue weighted by Gasteiger charge is 2.67. The summed E-state index contributed by atoms with van der Waals surface area (Å²) in [7, 11) is 0. The fraction of sp³-hybridized carbons (Fsp3) is 0.690. The number of hydrogen-bond donors (Lipinski definition) is 1. The van der Waals surface area contributed by atoms with Crippen LogP contribution in [-0.2, 0) is 9.59 Å². The molecule has 0 radical (unpaired) electrons. The van der Waals surface area contributed by atoms with Gasteiger partial charge in [0.2, 0.25) is 11.8 Å². The van der Waals surface area contributed by atoms with Gasteiger partial charge in [0.05, 0.1) is 22.1 Å². The Labute approximate surface area is 223 Å². The third-order valence-corrected chi connectivity index (χ3v) is 11.3. The molecule has 0 unspecified atom stereocenters. The van der Waals surface area contributed by atoms with Crippen molar-refractivity contribution in [1.82, 2.24) is 14.2 Å². The highest BCUT2D eigenvalue weighted by Crippen LogP contribution is 2.60. The topological polar surface area (TPSA) is 77.0 Å². The van der Waals surface area contributed by atoms with Gasteiger partial charge < -0.3 is 10.0 Å². The first-order chi connectivity index (χ1) is 17.9. The van der Waals surface area contributed by atoms with Crippen LogP contribution in [0.3, 0.4) is 0 Å². The van der Waals surface area contributed by atoms with E-state index in [9.17, 15) is 14.7 Å². The molecule has 2 amide bonds. The molecule has 1 aromatic heterocycles. The predicted molar refractivity (Wildman–Crippen MR) is 144 cm³/mol. The first-order valence-corrected chi connectivity index (χ1v) is 15.1. The van der Waals surface area contributed by atoms with Crippen molar-refractivity contribution in [2.75, 3.05) is 44.2 Å². The number of fused-ring (bicyclic) bond motifs is 6. The van der Waals surface area contributed by atoms with Crippen LogP contribution in [0.4, 0.5) is 5.82 Å². The molecule has 3 heterocycles. The SMILES string of the molecule is C[C@]1(O)C[C@@H]2C[C@H]1[C@H]1C(=O)N(C[C@@H]3CCCC[C@H]3CN3CCN(c4nsc5ccccc45)CC3)C(=O)[C@@H]21. The molecule has 3 aliphatic carbocycles. The number of piperazine rings is 1. The summed E-state index contributed by atoms with van der Waals surface area (Å²) in [5.74, 6) is 1.80. The Morgan fingerprint density at radius 3 is 2.49 bits per heavy atom. The summed E-state index contributed by atoms with van der Waals surface area (Å²) in [4.78, 5) is 33.5. The van der Waals surface area contributed by atoms with Crippen molar-refractivity contribution in [3.05, 3.63) is 24.3 Å². The average molecular weight is 523 g/mol. The summed E-state index contributed by atoms with van der Waals surface area (Å²) in [5, 5.41) is 12.1. The van der Waals surface area contributed by atoms with E-state index in [0.717, 1.165) is 51.4 Å². The maximum atomic E-state index is 13.5. The number of carbonyl (C=O) groups is 2. The number of hydrogen-bond acceptors (Lipinski definition) is 7. The maximum Gasteiger partial charge on any atom is 0.233 e. The van der Waals surface area contributed by atoms with Crippen molar-refractivity contribution in [3.63, 3.8) is 0 Å². The molecule has 2 bridgehead atoms. The number of aromatic nitrogens is 1. The summed E-state index contributed by atoms with van der Waals surface area (Å²) in [6, 6.07) is 8.49. The lowest BCUT2D eigenvalue weighted by Crippen LogP contribution is -2.49. The molecule has 0 spiro atoms. The van der Waals surface area contributed by atoms with Gasteiger partial charge in [-0.15, -0.1) is 0 Å². The lowest BCUT2D eigenvalue weighted by Gasteiger charge is -2.40. The zero-order valence-corrected chi connectivity index (χ0v) is 22.5. The van der Waals surface area contributed by atoms with Crippen LogP contribution < -0.4 is 4.90 Å². The first kappa shape index (κ1) is 24.0. The van der Waals surface area contributed by atoms with E-state index in [1.165, 1.54) is 29.3 Å². The number of aliphatic hydroxyl groups is 1. The third kappa shape index (κ3) is 3.93. The van der Waals surface area contributed by atoms with Crippen LogP contribution in [0.2, 0.25) is 0 Å². The molecule has 3 saturated carbocycles. The second-order valence-electron chi connectivity index (χ2n) is 12.6. The summed E-state index contributed by atoms with van der Waals surface area (Å²) < 4.78 is 6.00. The Bertz CT molecular complexity index is 1200. The largest absolute Gasteiger partial charge is 0.390 e. The molecule has 7 atom stereocenters. The molecule has 5 fully saturated rings. The summed E-state index contributed by atoms with van der Waals surface area (Å²) in [6.07, 6.45) is 6.22. The molecule has 8 heteroatoms. The van der Waals surface area contributed by atoms with Gasteiger partial charge in [0.25, 0.3) is 0 Å². The van der Waals surface area contributed by atoms with Crippen LogP contribution in [0.5, 0.6) is 0 Å². The maximum absolute atomic E-state index is 13.5. The molecule has 7 nitrogen and oxygen atoms in total. The molecular weight excluding hydrogens is 484 g/mol. The average Bonchev–Trinajstić information content (AvgIpc) is 3.62. The van der Waals surface area contributed by atoms with E-state index < -0.39 is 5.60 Å². The van der Waals surface area contributed by atoms with Gasteiger partial charge in [-0.05, 0) is 74.0 Å². The van der Waals surface area contributed by atoms with Gasteiger partial charge in [0.1, 0.15) is 5.82 Å². The van der Waals surface area contributed by atoms with Gasteiger partial charge in [-0.3, -0.25) is 19.4 Å². The van der Waals surface area contributed by atoms with Gasteiger partial charge in [-0.1, -0.05) is 25.0 Å². The highest BCUT2D eigenvalue weighted by molar-refractivity contribution is 7.13. The second-order valence-corrected chi connectivity index (χ2v) is 13.4. The Morgan fingerprint density at radius 2 is 1.70 bits per heavy atom. The van der Waals surface area contributed by atoms with Crippen molar-refractivity contribution in [2.45, 2.75) is 51.0 Å². The fourth-order valence-corrected chi connectivity index (χ4v) is 9.40. The van der Waals surface area contributed by atoms with Gasteiger partial charge in [-0.25, -0.2) is 0 Å². The molecule has 2 aromatic rings. The monoisotopic (exact) mass is 522 g/mol. The van der Waals surface area contributed by atoms with Gasteiger partial charge in [-0.2, -0.15) is 4.37 Å². The molecule has 1 aromatic carbocycles. The van der Waals surface area contributed by atoms with E-state index in [1.54, 1.807) is 16.4 Å². The third-order valence-electron chi connectivity index (χ3n) is 10.5. The van der Waals surface area contributed by atoms with Crippen molar-refractivity contribution >= 4 is 39.3 Å². The number of benzene rings is 1. The minimum atomic E-state index is -0.794. The number of rotatable bonds is 5. The fourth-order valence-electron chi connectivity index (χ4n) is 8.60. The number of amides is 2. The molecule has 2 saturated heterocycles. The minimum Gasteiger partial charge on any atom is -0.390 e. The molecule has 198 valence electrons. The van der Waals surface area contributed by atoms with E-state index in [4.69, 9.17) is 4.37 Å². The Kier molecular flexibility index (Phi) is 5.86. The number of likely N-dealkylation sites (tertiary alicyclic amines) is 1. The number of anilines is 1. The van der Waals surface area contributed by atoms with Crippen LogP contribution in [0.15, 0.2) is 24.3 Å². The lowest BCUT2D eigenvalue weighted by atomic mass is 9.73. The van der Waals surface area contributed by atoms with Crippen molar-refractivity contribution < 1.29 is 14.7 Å². The lowest BCUT2D eigenvalue weighted by molar-refractivity contribution is -0.142. The molecule has 5 aliphatic rings. The van der Waals surface area contributed by atoms with Gasteiger partial charge in [0.15, 0.2) is 0 Å². The standard InChI is InChI=1S/C29H38N4O3S/c1-29(36)15-20-14-22(29)25-24(20)27(34)33(28(25)35)17-19-7-3-2-6-18(19)16-31-10-12-32(13-11-31)26-21-8-4-5-9-23(21)37-30-26/h4-5,8-9,18-20,22,24-25,36H,2-3,6-7,10-17H2,1H3/t18-,19-,20-,22-,24-,25+,29-/m0/s1. The van der Waals surface area contributed by atoms with Crippen LogP contribution >= 0.6 is 11.5 Å². The first-order valence-electron chi connectivity index (χ1n) is 14.3. The number of imide groups is 1. The Balaban J connectivity index is 0.991. The van der Waals surface area contributed by atoms with Crippen molar-refractivity contribution in [3.8, 4) is 0 Å². The van der Waals surface area contributed by atoms with E-state index in [0.29, 0.717) is 24.8 Å². The van der Waals surface area contributed by atoms with Gasteiger partial charge in [0, 0.05) is 50.6 Å². The molecular formula is C29H38N4O3S. The molecule has 2 aliphatic heterocycles. The van der Waals surface area contributed by atoms with Crippen molar-refractivity contribution in [2.24, 2.45) is 35.5 Å². The second kappa shape index (κ2) is 9.02. The van der Waals surface area contributed by atoms with E-state index >= 15 is 0 Å². The molecule has 7 rings (SSSR count). The highest BCUT2D eigenvalue weighted by atomic mass is 32.1. The summed E-state index contributed by atoms with van der Waals surface area (Å²) in [5.41, 5.74) is -0.794. The van der Waals surface area contributed by atoms with Crippen LogP contribution in [0.25, 0.3) is 10.1 Å². The van der Waals surface area contributed by atoms with E-state index in [-0.39, 0.29) is 35.5 Å². The smallest absolute Gasteiger partial charge is 0.233 e. The normalized spacial score (nSPS) is 38.2. The van der Waals surface area contributed by atoms with Crippen LogP contribution in [0, 0.1) is 35.5 Å². The zero-order chi connectivity index (χ0) is 25.3.